The minimum Gasteiger partial charge on any atom is -0.489 e. The molecule has 2 N–H and O–H groups in total. The molecule has 8 heteroatoms. The van der Waals surface area contributed by atoms with Gasteiger partial charge in [0.15, 0.2) is 6.61 Å². The summed E-state index contributed by atoms with van der Waals surface area (Å²) < 4.78 is 21.9. The molecule has 3 aromatic carbocycles. The molecule has 0 saturated carbocycles. The quantitative estimate of drug-likeness (QED) is 0.249. The Morgan fingerprint density at radius 3 is 2.28 bits per heavy atom. The highest BCUT2D eigenvalue weighted by Crippen LogP contribution is 2.27. The lowest BCUT2D eigenvalue weighted by molar-refractivity contribution is -0.143. The summed E-state index contributed by atoms with van der Waals surface area (Å²) in [4.78, 5) is 22.6. The summed E-state index contributed by atoms with van der Waals surface area (Å²) >= 11 is 0. The molecule has 0 saturated heterocycles. The average Bonchev–Trinajstić information content (AvgIpc) is 2.89. The first-order chi connectivity index (χ1) is 17.4. The molecule has 3 rings (SSSR count). The number of carbonyl (C=O) groups is 2. The van der Waals surface area contributed by atoms with Gasteiger partial charge in [-0.1, -0.05) is 48.5 Å². The van der Waals surface area contributed by atoms with Crippen molar-refractivity contribution < 1.29 is 33.6 Å². The fraction of sp³-hybridized carbons (Fsp3) is 0.250. The number of benzene rings is 3. The first kappa shape index (κ1) is 26.3. The number of aliphatic carboxylic acids is 1. The molecule has 0 aromatic heterocycles. The normalized spacial score (nSPS) is 10.4. The van der Waals surface area contributed by atoms with Crippen LogP contribution in [0.4, 0.5) is 0 Å². The van der Waals surface area contributed by atoms with Gasteiger partial charge >= 0.3 is 11.9 Å². The lowest BCUT2D eigenvalue weighted by Gasteiger charge is -2.13. The van der Waals surface area contributed by atoms with Gasteiger partial charge in [0, 0.05) is 12.5 Å². The van der Waals surface area contributed by atoms with Crippen LogP contribution in [0.2, 0.25) is 0 Å². The highest BCUT2D eigenvalue weighted by molar-refractivity contribution is 5.99. The van der Waals surface area contributed by atoms with E-state index in [1.807, 2.05) is 54.6 Å². The van der Waals surface area contributed by atoms with E-state index in [-0.39, 0.29) is 25.6 Å². The van der Waals surface area contributed by atoms with Crippen molar-refractivity contribution in [2.75, 3.05) is 19.8 Å². The van der Waals surface area contributed by atoms with Gasteiger partial charge in [-0.3, -0.25) is 4.79 Å². The Bertz CT molecular complexity index is 1160. The third kappa shape index (κ3) is 8.47. The highest BCUT2D eigenvalue weighted by Gasteiger charge is 2.11. The topological polar surface area (TPSA) is 115 Å². The Morgan fingerprint density at radius 1 is 0.861 bits per heavy atom. The second-order valence-corrected chi connectivity index (χ2v) is 7.82. The first-order valence-electron chi connectivity index (χ1n) is 11.5. The molecule has 8 nitrogen and oxygen atoms in total. The van der Waals surface area contributed by atoms with Crippen molar-refractivity contribution in [2.45, 2.75) is 26.4 Å². The summed E-state index contributed by atoms with van der Waals surface area (Å²) in [6.07, 6.45) is 0.522. The van der Waals surface area contributed by atoms with Crippen LogP contribution in [0.1, 0.15) is 30.0 Å². The van der Waals surface area contributed by atoms with E-state index in [0.29, 0.717) is 41.6 Å². The van der Waals surface area contributed by atoms with Crippen LogP contribution >= 0.6 is 0 Å². The highest BCUT2D eigenvalue weighted by atomic mass is 16.5. The van der Waals surface area contributed by atoms with Crippen molar-refractivity contribution in [3.05, 3.63) is 89.5 Å². The van der Waals surface area contributed by atoms with Crippen LogP contribution in [0.25, 0.3) is 0 Å². The average molecular weight is 492 g/mol. The number of carbonyl (C=O) groups excluding carboxylic acids is 1. The number of aryl methyl sites for hydroxylation is 1. The van der Waals surface area contributed by atoms with Crippen LogP contribution in [0.15, 0.2) is 72.8 Å². The lowest BCUT2D eigenvalue weighted by Crippen LogP contribution is -2.11. The molecule has 0 aliphatic carbocycles. The smallest absolute Gasteiger partial charge is 0.341 e. The predicted molar refractivity (Wildman–Crippen MR) is 134 cm³/mol. The SMILES string of the molecule is CCOC(=O)CCc1ccc(OCc2ccc(OCC(=N)c3ccccc3)cc2)cc1OCC(=O)O. The minimum absolute atomic E-state index is 0.163. The molecule has 0 atom stereocenters. The van der Waals surface area contributed by atoms with E-state index in [1.165, 1.54) is 0 Å². The van der Waals surface area contributed by atoms with Crippen molar-refractivity contribution in [3.63, 3.8) is 0 Å². The predicted octanol–water partition coefficient (Wildman–Crippen LogP) is 4.67. The maximum atomic E-state index is 11.7. The van der Waals surface area contributed by atoms with Crippen molar-refractivity contribution in [3.8, 4) is 17.2 Å². The van der Waals surface area contributed by atoms with Gasteiger partial charge in [-0.05, 0) is 48.2 Å². The molecule has 0 radical (unpaired) electrons. The summed E-state index contributed by atoms with van der Waals surface area (Å²) in [5, 5.41) is 17.1. The fourth-order valence-corrected chi connectivity index (χ4v) is 3.30. The van der Waals surface area contributed by atoms with Gasteiger partial charge in [0.05, 0.1) is 12.3 Å². The van der Waals surface area contributed by atoms with Crippen molar-refractivity contribution in [1.29, 1.82) is 5.41 Å². The van der Waals surface area contributed by atoms with Gasteiger partial charge in [0.25, 0.3) is 0 Å². The molecule has 0 bridgehead atoms. The maximum Gasteiger partial charge on any atom is 0.341 e. The van der Waals surface area contributed by atoms with Crippen LogP contribution in [0, 0.1) is 5.41 Å². The summed E-state index contributed by atoms with van der Waals surface area (Å²) in [6.45, 7) is 1.99. The molecule has 0 aliphatic heterocycles. The number of rotatable bonds is 14. The molecule has 0 spiro atoms. The number of carboxylic acids is 1. The number of esters is 1. The van der Waals surface area contributed by atoms with E-state index >= 15 is 0 Å². The molecule has 188 valence electrons. The summed E-state index contributed by atoms with van der Waals surface area (Å²) in [5.41, 5.74) is 2.81. The number of hydrogen-bond donors (Lipinski definition) is 2. The van der Waals surface area contributed by atoms with E-state index in [1.54, 1.807) is 25.1 Å². The van der Waals surface area contributed by atoms with E-state index in [9.17, 15) is 9.59 Å². The third-order valence-corrected chi connectivity index (χ3v) is 5.13. The number of ether oxygens (including phenoxy) is 4. The molecule has 36 heavy (non-hydrogen) atoms. The number of hydrogen-bond acceptors (Lipinski definition) is 7. The largest absolute Gasteiger partial charge is 0.489 e. The number of nitrogens with one attached hydrogen (secondary N) is 1. The zero-order chi connectivity index (χ0) is 25.8. The first-order valence-corrected chi connectivity index (χ1v) is 11.5. The molecule has 0 fully saturated rings. The van der Waals surface area contributed by atoms with Gasteiger partial charge in [-0.25, -0.2) is 4.79 Å². The van der Waals surface area contributed by atoms with Crippen LogP contribution in [-0.2, 0) is 27.4 Å². The Balaban J connectivity index is 1.56. The minimum atomic E-state index is -1.10. The van der Waals surface area contributed by atoms with Crippen LogP contribution in [0.3, 0.4) is 0 Å². The lowest BCUT2D eigenvalue weighted by atomic mass is 10.1. The summed E-state index contributed by atoms with van der Waals surface area (Å²) in [5.74, 6) is 0.0793. The molecule has 3 aromatic rings. The van der Waals surface area contributed by atoms with E-state index in [0.717, 1.165) is 11.1 Å². The van der Waals surface area contributed by atoms with Crippen LogP contribution in [-0.4, -0.2) is 42.6 Å². The van der Waals surface area contributed by atoms with Gasteiger partial charge < -0.3 is 29.5 Å². The monoisotopic (exact) mass is 491 g/mol. The van der Waals surface area contributed by atoms with Crippen LogP contribution in [0.5, 0.6) is 17.2 Å². The standard InChI is InChI=1S/C28H29NO7/c1-2-33-28(32)15-11-22-10-14-24(16-26(22)36-19-27(30)31)34-17-20-8-12-23(13-9-20)35-18-25(29)21-6-4-3-5-7-21/h3-10,12-14,16,29H,2,11,15,17-19H2,1H3,(H,30,31). The third-order valence-electron chi connectivity index (χ3n) is 5.13. The Kier molecular flexibility index (Phi) is 9.88. The van der Waals surface area contributed by atoms with E-state index in [2.05, 4.69) is 0 Å². The van der Waals surface area contributed by atoms with Gasteiger partial charge in [-0.2, -0.15) is 0 Å². The zero-order valence-electron chi connectivity index (χ0n) is 20.1. The number of carboxylic acid groups (broad SMARTS) is 1. The summed E-state index contributed by atoms with van der Waals surface area (Å²) in [7, 11) is 0. The molecular formula is C28H29NO7. The fourth-order valence-electron chi connectivity index (χ4n) is 3.30. The molecule has 0 unspecified atom stereocenters. The second-order valence-electron chi connectivity index (χ2n) is 7.82. The molecule has 0 amide bonds. The molecule has 0 aliphatic rings. The van der Waals surface area contributed by atoms with Gasteiger partial charge in [0.1, 0.15) is 30.5 Å². The van der Waals surface area contributed by atoms with Crippen molar-refractivity contribution >= 4 is 17.7 Å². The van der Waals surface area contributed by atoms with Crippen LogP contribution < -0.4 is 14.2 Å². The van der Waals surface area contributed by atoms with E-state index < -0.39 is 12.6 Å². The Hall–Kier alpha value is -4.33. The molecular weight excluding hydrogens is 462 g/mol. The van der Waals surface area contributed by atoms with E-state index in [4.69, 9.17) is 29.5 Å². The van der Waals surface area contributed by atoms with Gasteiger partial charge in [-0.15, -0.1) is 0 Å². The molecule has 0 heterocycles. The Labute approximate surface area is 209 Å². The second kappa shape index (κ2) is 13.5. The maximum absolute atomic E-state index is 11.7. The Morgan fingerprint density at radius 2 is 1.58 bits per heavy atom. The van der Waals surface area contributed by atoms with Crippen molar-refractivity contribution in [2.24, 2.45) is 0 Å². The summed E-state index contributed by atoms with van der Waals surface area (Å²) in [6, 6.07) is 21.9. The van der Waals surface area contributed by atoms with Crippen molar-refractivity contribution in [1.82, 2.24) is 0 Å². The zero-order valence-corrected chi connectivity index (χ0v) is 20.1. The van der Waals surface area contributed by atoms with Gasteiger partial charge in [0.2, 0.25) is 0 Å².